The second-order valence-electron chi connectivity index (χ2n) is 7.39. The van der Waals surface area contributed by atoms with Crippen molar-refractivity contribution in [2.24, 2.45) is 5.92 Å². The van der Waals surface area contributed by atoms with E-state index in [9.17, 15) is 9.90 Å². The van der Waals surface area contributed by atoms with Crippen LogP contribution < -0.4 is 5.32 Å². The summed E-state index contributed by atoms with van der Waals surface area (Å²) in [7, 11) is 0. The highest BCUT2D eigenvalue weighted by Gasteiger charge is 2.24. The summed E-state index contributed by atoms with van der Waals surface area (Å²) in [5, 5.41) is 12.8. The lowest BCUT2D eigenvalue weighted by Gasteiger charge is -2.25. The van der Waals surface area contributed by atoms with Gasteiger partial charge in [0.1, 0.15) is 5.60 Å². The molecule has 0 aliphatic heterocycles. The smallest absolute Gasteiger partial charge is 0.408 e. The molecule has 2 aromatic rings. The topological polar surface area (TPSA) is 58.6 Å². The molecule has 0 aromatic heterocycles. The summed E-state index contributed by atoms with van der Waals surface area (Å²) < 4.78 is 5.37. The van der Waals surface area contributed by atoms with E-state index in [1.54, 1.807) is 0 Å². The Morgan fingerprint density at radius 2 is 1.67 bits per heavy atom. The van der Waals surface area contributed by atoms with Crippen molar-refractivity contribution in [1.29, 1.82) is 0 Å². The van der Waals surface area contributed by atoms with E-state index in [4.69, 9.17) is 4.74 Å². The number of hydrogen-bond acceptors (Lipinski definition) is 3. The SMILES string of the molecule is CC(C)(C)OC(=O)N[C@@H](C#Cc1ccccc1)[C@@H](CO)Cc1ccccc1. The number of amides is 1. The number of ether oxygens (including phenoxy) is 1. The number of aliphatic hydroxyl groups excluding tert-OH is 1. The average molecular weight is 365 g/mol. The third-order valence-electron chi connectivity index (χ3n) is 3.86. The zero-order valence-corrected chi connectivity index (χ0v) is 16.1. The second-order valence-corrected chi connectivity index (χ2v) is 7.39. The Hall–Kier alpha value is -2.77. The molecule has 0 radical (unpaired) electrons. The van der Waals surface area contributed by atoms with Crippen LogP contribution in [0, 0.1) is 17.8 Å². The Bertz CT molecular complexity index is 770. The highest BCUT2D eigenvalue weighted by Crippen LogP contribution is 2.14. The highest BCUT2D eigenvalue weighted by atomic mass is 16.6. The van der Waals surface area contributed by atoms with Crippen LogP contribution in [0.3, 0.4) is 0 Å². The van der Waals surface area contributed by atoms with Crippen LogP contribution in [-0.4, -0.2) is 29.4 Å². The third kappa shape index (κ3) is 7.55. The molecule has 142 valence electrons. The van der Waals surface area contributed by atoms with E-state index in [0.717, 1.165) is 11.1 Å². The lowest BCUT2D eigenvalue weighted by atomic mass is 9.93. The molecule has 0 saturated heterocycles. The van der Waals surface area contributed by atoms with E-state index < -0.39 is 17.7 Å². The fraction of sp³-hybridized carbons (Fsp3) is 0.348. The van der Waals surface area contributed by atoms with Crippen molar-refractivity contribution in [3.63, 3.8) is 0 Å². The minimum atomic E-state index is -0.602. The molecule has 4 heteroatoms. The predicted molar refractivity (Wildman–Crippen MR) is 107 cm³/mol. The van der Waals surface area contributed by atoms with Gasteiger partial charge in [-0.2, -0.15) is 0 Å². The zero-order valence-electron chi connectivity index (χ0n) is 16.1. The molecule has 2 atom stereocenters. The van der Waals surface area contributed by atoms with E-state index in [1.165, 1.54) is 0 Å². The molecule has 0 unspecified atom stereocenters. The van der Waals surface area contributed by atoms with Crippen molar-refractivity contribution in [1.82, 2.24) is 5.32 Å². The van der Waals surface area contributed by atoms with E-state index in [-0.39, 0.29) is 12.5 Å². The van der Waals surface area contributed by atoms with E-state index in [2.05, 4.69) is 17.2 Å². The van der Waals surface area contributed by atoms with E-state index in [1.807, 2.05) is 81.4 Å². The summed E-state index contributed by atoms with van der Waals surface area (Å²) >= 11 is 0. The van der Waals surface area contributed by atoms with Crippen molar-refractivity contribution >= 4 is 6.09 Å². The van der Waals surface area contributed by atoms with Crippen LogP contribution in [0.4, 0.5) is 4.79 Å². The van der Waals surface area contributed by atoms with Gasteiger partial charge in [-0.25, -0.2) is 4.79 Å². The number of benzene rings is 2. The summed E-state index contributed by atoms with van der Waals surface area (Å²) in [4.78, 5) is 12.3. The maximum absolute atomic E-state index is 12.3. The van der Waals surface area contributed by atoms with Crippen LogP contribution in [0.2, 0.25) is 0 Å². The summed E-state index contributed by atoms with van der Waals surface area (Å²) in [5.41, 5.74) is 1.33. The van der Waals surface area contributed by atoms with E-state index >= 15 is 0 Å². The molecule has 2 N–H and O–H groups in total. The van der Waals surface area contributed by atoms with Crippen molar-refractivity contribution < 1.29 is 14.6 Å². The minimum Gasteiger partial charge on any atom is -0.444 e. The maximum Gasteiger partial charge on any atom is 0.408 e. The van der Waals surface area contributed by atoms with Gasteiger partial charge in [-0.05, 0) is 44.9 Å². The summed E-state index contributed by atoms with van der Waals surface area (Å²) in [6, 6.07) is 18.9. The Balaban J connectivity index is 2.21. The minimum absolute atomic E-state index is 0.0984. The van der Waals surface area contributed by atoms with Gasteiger partial charge in [0.05, 0.1) is 6.04 Å². The molecule has 2 aromatic carbocycles. The van der Waals surface area contributed by atoms with Crippen LogP contribution in [-0.2, 0) is 11.2 Å². The average Bonchev–Trinajstić information content (AvgIpc) is 2.63. The zero-order chi connectivity index (χ0) is 19.7. The second kappa shape index (κ2) is 9.80. The first-order chi connectivity index (χ1) is 12.9. The third-order valence-corrected chi connectivity index (χ3v) is 3.86. The Kier molecular flexibility index (Phi) is 7.45. The standard InChI is InChI=1S/C23H27NO3/c1-23(2,3)27-22(26)24-21(15-14-18-10-6-4-7-11-18)20(17-25)16-19-12-8-5-9-13-19/h4-13,20-21,25H,16-17H2,1-3H3,(H,24,26)/t20-,21+/m1/s1. The van der Waals surface area contributed by atoms with Gasteiger partial charge < -0.3 is 15.2 Å². The van der Waals surface area contributed by atoms with Crippen LogP contribution in [0.1, 0.15) is 31.9 Å². The molecule has 0 saturated carbocycles. The van der Waals surface area contributed by atoms with Crippen LogP contribution in [0.5, 0.6) is 0 Å². The fourth-order valence-corrected chi connectivity index (χ4v) is 2.59. The lowest BCUT2D eigenvalue weighted by Crippen LogP contribution is -2.44. The van der Waals surface area contributed by atoms with Gasteiger partial charge in [0.2, 0.25) is 0 Å². The number of alkyl carbamates (subject to hydrolysis) is 1. The summed E-state index contributed by atoms with van der Waals surface area (Å²) in [6.45, 7) is 5.33. The quantitative estimate of drug-likeness (QED) is 0.793. The van der Waals surface area contributed by atoms with Gasteiger partial charge in [0, 0.05) is 18.1 Å². The first kappa shape index (κ1) is 20.5. The maximum atomic E-state index is 12.3. The molecule has 0 aliphatic carbocycles. The predicted octanol–water partition coefficient (Wildman–Crippen LogP) is 3.78. The van der Waals surface area contributed by atoms with Crippen molar-refractivity contribution in [3.05, 3.63) is 71.8 Å². The van der Waals surface area contributed by atoms with Gasteiger partial charge in [-0.3, -0.25) is 0 Å². The number of nitrogens with one attached hydrogen (secondary N) is 1. The summed E-state index contributed by atoms with van der Waals surface area (Å²) in [6.07, 6.45) is 0.0581. The molecule has 0 bridgehead atoms. The van der Waals surface area contributed by atoms with Crippen molar-refractivity contribution in [2.75, 3.05) is 6.61 Å². The van der Waals surface area contributed by atoms with Crippen LogP contribution in [0.25, 0.3) is 0 Å². The van der Waals surface area contributed by atoms with Gasteiger partial charge in [0.15, 0.2) is 0 Å². The van der Waals surface area contributed by atoms with Gasteiger partial charge in [-0.15, -0.1) is 0 Å². The number of aliphatic hydroxyl groups is 1. The number of carbonyl (C=O) groups is 1. The molecular weight excluding hydrogens is 338 g/mol. The summed E-state index contributed by atoms with van der Waals surface area (Å²) in [5.74, 6) is 5.93. The number of carbonyl (C=O) groups excluding carboxylic acids is 1. The van der Waals surface area contributed by atoms with Crippen LogP contribution in [0.15, 0.2) is 60.7 Å². The van der Waals surface area contributed by atoms with Crippen molar-refractivity contribution in [3.8, 4) is 11.8 Å². The Morgan fingerprint density at radius 1 is 1.07 bits per heavy atom. The first-order valence-electron chi connectivity index (χ1n) is 9.08. The molecule has 2 rings (SSSR count). The molecule has 0 spiro atoms. The lowest BCUT2D eigenvalue weighted by molar-refractivity contribution is 0.0492. The number of rotatable bonds is 5. The van der Waals surface area contributed by atoms with Crippen LogP contribution >= 0.6 is 0 Å². The molecular formula is C23H27NO3. The molecule has 27 heavy (non-hydrogen) atoms. The normalized spacial score (nSPS) is 13.0. The molecule has 0 fully saturated rings. The van der Waals surface area contributed by atoms with Crippen molar-refractivity contribution in [2.45, 2.75) is 38.8 Å². The number of hydrogen-bond donors (Lipinski definition) is 2. The first-order valence-corrected chi connectivity index (χ1v) is 9.08. The van der Waals surface area contributed by atoms with Gasteiger partial charge in [-0.1, -0.05) is 60.4 Å². The molecule has 0 heterocycles. The fourth-order valence-electron chi connectivity index (χ4n) is 2.59. The van der Waals surface area contributed by atoms with E-state index in [0.29, 0.717) is 6.42 Å². The largest absolute Gasteiger partial charge is 0.444 e. The molecule has 4 nitrogen and oxygen atoms in total. The Labute approximate surface area is 161 Å². The molecule has 0 aliphatic rings. The monoisotopic (exact) mass is 365 g/mol. The van der Waals surface area contributed by atoms with Gasteiger partial charge >= 0.3 is 6.09 Å². The highest BCUT2D eigenvalue weighted by molar-refractivity contribution is 5.68. The van der Waals surface area contributed by atoms with Gasteiger partial charge in [0.25, 0.3) is 0 Å². The Morgan fingerprint density at radius 3 is 2.22 bits per heavy atom. The molecule has 1 amide bonds.